The quantitative estimate of drug-likeness (QED) is 0.704. The molecule has 0 heterocycles. The fourth-order valence-electron chi connectivity index (χ4n) is 2.66. The second-order valence-electron chi connectivity index (χ2n) is 5.97. The maximum atomic E-state index is 12.7. The Morgan fingerprint density at radius 2 is 2.00 bits per heavy atom. The number of hydrogen-bond acceptors (Lipinski definition) is 3. The Hall–Kier alpha value is -1.86. The van der Waals surface area contributed by atoms with Crippen molar-refractivity contribution in [1.82, 2.24) is 4.90 Å². The summed E-state index contributed by atoms with van der Waals surface area (Å²) in [5.74, 6) is 0.874. The zero-order valence-electron chi connectivity index (χ0n) is 13.4. The summed E-state index contributed by atoms with van der Waals surface area (Å²) in [7, 11) is 0. The fourth-order valence-corrected chi connectivity index (χ4v) is 2.66. The third kappa shape index (κ3) is 5.16. The van der Waals surface area contributed by atoms with Gasteiger partial charge in [-0.1, -0.05) is 25.1 Å². The van der Waals surface area contributed by atoms with Crippen LogP contribution in [-0.2, 0) is 4.79 Å². The van der Waals surface area contributed by atoms with Gasteiger partial charge in [0.1, 0.15) is 0 Å². The molecule has 0 aliphatic heterocycles. The first-order chi connectivity index (χ1) is 10.7. The van der Waals surface area contributed by atoms with E-state index in [2.05, 4.69) is 17.9 Å². The van der Waals surface area contributed by atoms with Crippen molar-refractivity contribution in [2.45, 2.75) is 32.6 Å². The minimum atomic E-state index is 0.0931. The molecule has 1 amide bonds. The lowest BCUT2D eigenvalue weighted by Crippen LogP contribution is -2.42. The van der Waals surface area contributed by atoms with Crippen LogP contribution in [0.1, 0.15) is 32.6 Å². The van der Waals surface area contributed by atoms with Crippen molar-refractivity contribution in [2.24, 2.45) is 5.92 Å². The van der Waals surface area contributed by atoms with Gasteiger partial charge in [0.05, 0.1) is 19.0 Å². The van der Waals surface area contributed by atoms with Gasteiger partial charge in [0.2, 0.25) is 5.91 Å². The van der Waals surface area contributed by atoms with E-state index < -0.39 is 0 Å². The number of rotatable bonds is 9. The number of nitrogens with zero attached hydrogens (tertiary/aromatic N) is 3. The van der Waals surface area contributed by atoms with E-state index in [0.717, 1.165) is 31.1 Å². The molecule has 0 N–H and O–H groups in total. The van der Waals surface area contributed by atoms with Crippen LogP contribution in [0.2, 0.25) is 0 Å². The second kappa shape index (κ2) is 8.55. The highest BCUT2D eigenvalue weighted by Gasteiger charge is 2.26. The molecule has 0 spiro atoms. The Morgan fingerprint density at radius 1 is 1.27 bits per heavy atom. The smallest absolute Gasteiger partial charge is 0.241 e. The van der Waals surface area contributed by atoms with Crippen molar-refractivity contribution >= 4 is 11.6 Å². The summed E-state index contributed by atoms with van der Waals surface area (Å²) in [6.07, 6.45) is 4.01. The Labute approximate surface area is 133 Å². The van der Waals surface area contributed by atoms with Gasteiger partial charge in [0, 0.05) is 18.8 Å². The van der Waals surface area contributed by atoms with Gasteiger partial charge in [-0.15, -0.1) is 0 Å². The van der Waals surface area contributed by atoms with Crippen LogP contribution in [0.3, 0.4) is 0 Å². The molecule has 1 aliphatic carbocycles. The fraction of sp³-hybridized carbons (Fsp3) is 0.556. The second-order valence-corrected chi connectivity index (χ2v) is 5.97. The summed E-state index contributed by atoms with van der Waals surface area (Å²) < 4.78 is 0. The molecule has 0 saturated heterocycles. The third-order valence-electron chi connectivity index (χ3n) is 3.93. The van der Waals surface area contributed by atoms with Gasteiger partial charge in [-0.2, -0.15) is 5.26 Å². The molecule has 118 valence electrons. The Balaban J connectivity index is 2.01. The molecule has 0 unspecified atom stereocenters. The highest BCUT2D eigenvalue weighted by atomic mass is 16.2. The van der Waals surface area contributed by atoms with Crippen molar-refractivity contribution in [1.29, 1.82) is 5.26 Å². The number of para-hydroxylation sites is 1. The van der Waals surface area contributed by atoms with Gasteiger partial charge in [0.15, 0.2) is 0 Å². The molecule has 2 rings (SSSR count). The molecule has 4 nitrogen and oxygen atoms in total. The number of anilines is 1. The number of amides is 1. The predicted octanol–water partition coefficient (Wildman–Crippen LogP) is 3.06. The van der Waals surface area contributed by atoms with Crippen LogP contribution >= 0.6 is 0 Å². The number of hydrogen-bond donors (Lipinski definition) is 0. The SMILES string of the molecule is CCCN(CC(=O)N(CCC#N)c1ccccc1)CC1CC1. The Bertz CT molecular complexity index is 505. The predicted molar refractivity (Wildman–Crippen MR) is 88.5 cm³/mol. The minimum absolute atomic E-state index is 0.0931. The Morgan fingerprint density at radius 3 is 2.59 bits per heavy atom. The van der Waals surface area contributed by atoms with Crippen LogP contribution in [0.15, 0.2) is 30.3 Å². The molecule has 0 bridgehead atoms. The lowest BCUT2D eigenvalue weighted by atomic mass is 10.2. The van der Waals surface area contributed by atoms with Gasteiger partial charge in [-0.25, -0.2) is 0 Å². The highest BCUT2D eigenvalue weighted by molar-refractivity contribution is 5.94. The topological polar surface area (TPSA) is 47.3 Å². The molecular formula is C18H25N3O. The molecule has 1 fully saturated rings. The molecule has 4 heteroatoms. The van der Waals surface area contributed by atoms with E-state index in [1.807, 2.05) is 30.3 Å². The highest BCUT2D eigenvalue weighted by Crippen LogP contribution is 2.29. The first-order valence-electron chi connectivity index (χ1n) is 8.19. The van der Waals surface area contributed by atoms with Gasteiger partial charge in [-0.05, 0) is 43.9 Å². The summed E-state index contributed by atoms with van der Waals surface area (Å²) in [5, 5.41) is 8.84. The summed E-state index contributed by atoms with van der Waals surface area (Å²) >= 11 is 0. The summed E-state index contributed by atoms with van der Waals surface area (Å²) in [5.41, 5.74) is 0.880. The van der Waals surface area contributed by atoms with Crippen molar-refractivity contribution in [3.05, 3.63) is 30.3 Å². The molecule has 0 atom stereocenters. The van der Waals surface area contributed by atoms with Crippen LogP contribution in [-0.4, -0.2) is 37.0 Å². The van der Waals surface area contributed by atoms with Crippen LogP contribution in [0.5, 0.6) is 0 Å². The zero-order chi connectivity index (χ0) is 15.8. The third-order valence-corrected chi connectivity index (χ3v) is 3.93. The van der Waals surface area contributed by atoms with Crippen molar-refractivity contribution < 1.29 is 4.79 Å². The van der Waals surface area contributed by atoms with Crippen molar-refractivity contribution in [3.8, 4) is 6.07 Å². The average Bonchev–Trinajstić information content (AvgIpc) is 3.33. The van der Waals surface area contributed by atoms with E-state index in [9.17, 15) is 4.79 Å². The van der Waals surface area contributed by atoms with Crippen LogP contribution in [0.4, 0.5) is 5.69 Å². The van der Waals surface area contributed by atoms with Crippen molar-refractivity contribution in [2.75, 3.05) is 31.1 Å². The van der Waals surface area contributed by atoms with Gasteiger partial charge in [-0.3, -0.25) is 9.69 Å². The molecule has 1 aromatic rings. The van der Waals surface area contributed by atoms with Gasteiger partial charge in [0.25, 0.3) is 0 Å². The zero-order valence-corrected chi connectivity index (χ0v) is 13.4. The lowest BCUT2D eigenvalue weighted by molar-refractivity contribution is -0.119. The molecular weight excluding hydrogens is 274 g/mol. The van der Waals surface area contributed by atoms with Crippen LogP contribution in [0.25, 0.3) is 0 Å². The number of nitriles is 1. The number of carbonyl (C=O) groups is 1. The maximum absolute atomic E-state index is 12.7. The standard InChI is InChI=1S/C18H25N3O/c1-2-12-20(14-16-9-10-16)15-18(22)21(13-6-11-19)17-7-4-3-5-8-17/h3-5,7-8,16H,2,6,9-10,12-15H2,1H3. The molecule has 22 heavy (non-hydrogen) atoms. The molecule has 1 aromatic carbocycles. The van der Waals surface area contributed by atoms with E-state index in [0.29, 0.717) is 19.5 Å². The van der Waals surface area contributed by atoms with Crippen LogP contribution in [0, 0.1) is 17.2 Å². The largest absolute Gasteiger partial charge is 0.310 e. The summed E-state index contributed by atoms with van der Waals surface area (Å²) in [6, 6.07) is 11.8. The van der Waals surface area contributed by atoms with E-state index in [1.165, 1.54) is 12.8 Å². The monoisotopic (exact) mass is 299 g/mol. The molecule has 1 saturated carbocycles. The normalized spacial score (nSPS) is 13.9. The first kappa shape index (κ1) is 16.5. The average molecular weight is 299 g/mol. The van der Waals surface area contributed by atoms with E-state index >= 15 is 0 Å². The summed E-state index contributed by atoms with van der Waals surface area (Å²) in [6.45, 7) is 5.05. The minimum Gasteiger partial charge on any atom is -0.310 e. The van der Waals surface area contributed by atoms with Crippen molar-refractivity contribution in [3.63, 3.8) is 0 Å². The van der Waals surface area contributed by atoms with Crippen LogP contribution < -0.4 is 4.90 Å². The lowest BCUT2D eigenvalue weighted by Gasteiger charge is -2.27. The number of carbonyl (C=O) groups excluding carboxylic acids is 1. The van der Waals surface area contributed by atoms with E-state index in [-0.39, 0.29) is 5.91 Å². The van der Waals surface area contributed by atoms with E-state index in [4.69, 9.17) is 5.26 Å². The van der Waals surface area contributed by atoms with E-state index in [1.54, 1.807) is 4.90 Å². The summed E-state index contributed by atoms with van der Waals surface area (Å²) in [4.78, 5) is 16.7. The Kier molecular flexibility index (Phi) is 6.42. The molecule has 0 aromatic heterocycles. The first-order valence-corrected chi connectivity index (χ1v) is 8.19. The van der Waals surface area contributed by atoms with Gasteiger partial charge < -0.3 is 4.90 Å². The number of benzene rings is 1. The van der Waals surface area contributed by atoms with Gasteiger partial charge >= 0.3 is 0 Å². The molecule has 0 radical (unpaired) electrons. The maximum Gasteiger partial charge on any atom is 0.241 e. The molecule has 1 aliphatic rings.